The Kier molecular flexibility index (Phi) is 5.05. The third kappa shape index (κ3) is 3.53. The number of hydrogen-bond donors (Lipinski definition) is 0. The van der Waals surface area contributed by atoms with Gasteiger partial charge in [-0.3, -0.25) is 0 Å². The minimum absolute atomic E-state index is 0.753. The van der Waals surface area contributed by atoms with Crippen molar-refractivity contribution in [1.29, 1.82) is 0 Å². The molecule has 1 aliphatic carbocycles. The normalized spacial score (nSPS) is 20.2. The predicted molar refractivity (Wildman–Crippen MR) is 87.0 cm³/mol. The van der Waals surface area contributed by atoms with Gasteiger partial charge in [-0.1, -0.05) is 36.3 Å². The van der Waals surface area contributed by atoms with E-state index in [-0.39, 0.29) is 0 Å². The fourth-order valence-corrected chi connectivity index (χ4v) is 3.04. The van der Waals surface area contributed by atoms with Crippen LogP contribution in [-0.4, -0.2) is 7.11 Å². The van der Waals surface area contributed by atoms with Crippen LogP contribution in [0.15, 0.2) is 41.5 Å². The van der Waals surface area contributed by atoms with Gasteiger partial charge in [0.05, 0.1) is 7.11 Å². The van der Waals surface area contributed by atoms with Crippen molar-refractivity contribution < 1.29 is 4.74 Å². The molecule has 1 aliphatic rings. The Morgan fingerprint density at radius 3 is 2.60 bits per heavy atom. The maximum absolute atomic E-state index is 5.21. The van der Waals surface area contributed by atoms with Crippen molar-refractivity contribution in [3.05, 3.63) is 47.1 Å². The van der Waals surface area contributed by atoms with Gasteiger partial charge in [-0.05, 0) is 68.7 Å². The Labute approximate surface area is 123 Å². The van der Waals surface area contributed by atoms with Crippen LogP contribution in [0.4, 0.5) is 0 Å². The molecule has 0 bridgehead atoms. The molecule has 0 spiro atoms. The van der Waals surface area contributed by atoms with Crippen molar-refractivity contribution in [2.45, 2.75) is 46.5 Å². The number of hydrogen-bond acceptors (Lipinski definition) is 1. The molecule has 0 N–H and O–H groups in total. The first kappa shape index (κ1) is 14.9. The number of rotatable bonds is 4. The molecule has 0 amide bonds. The first-order valence-corrected chi connectivity index (χ1v) is 7.61. The smallest absolute Gasteiger partial charge is 0.118 e. The van der Waals surface area contributed by atoms with E-state index in [1.165, 1.54) is 30.4 Å². The van der Waals surface area contributed by atoms with Crippen LogP contribution in [0.1, 0.15) is 52.0 Å². The Morgan fingerprint density at radius 2 is 2.00 bits per heavy atom. The maximum atomic E-state index is 5.21. The lowest BCUT2D eigenvalue weighted by atomic mass is 9.82. The highest BCUT2D eigenvalue weighted by molar-refractivity contribution is 5.64. The molecule has 1 heteroatoms. The molecule has 2 rings (SSSR count). The third-order valence-corrected chi connectivity index (χ3v) is 4.51. The molecule has 0 radical (unpaired) electrons. The molecular formula is C19H26O. The summed E-state index contributed by atoms with van der Waals surface area (Å²) in [6.45, 7) is 6.88. The minimum Gasteiger partial charge on any atom is -0.497 e. The van der Waals surface area contributed by atoms with Crippen LogP contribution >= 0.6 is 0 Å². The Bertz CT molecular complexity index is 505. The van der Waals surface area contributed by atoms with Crippen LogP contribution in [0.2, 0.25) is 0 Å². The standard InChI is InChI=1S/C19H26O/c1-14(17-9-11-18(20-4)12-10-17)8-13-19-15(2)6-5-7-16(19)3/h8-12,15H,5-7,13H2,1-4H3/b14-8-. The molecule has 0 saturated carbocycles. The number of benzene rings is 1. The number of methoxy groups -OCH3 is 1. The average molecular weight is 270 g/mol. The summed E-state index contributed by atoms with van der Waals surface area (Å²) in [5, 5.41) is 0. The number of ether oxygens (including phenoxy) is 1. The molecule has 1 unspecified atom stereocenters. The van der Waals surface area contributed by atoms with Crippen LogP contribution in [0.3, 0.4) is 0 Å². The van der Waals surface area contributed by atoms with Gasteiger partial charge < -0.3 is 4.74 Å². The SMILES string of the molecule is COc1ccc(/C(C)=C\CC2=C(C)CCCC2C)cc1. The Morgan fingerprint density at radius 1 is 1.30 bits per heavy atom. The third-order valence-electron chi connectivity index (χ3n) is 4.51. The maximum Gasteiger partial charge on any atom is 0.118 e. The van der Waals surface area contributed by atoms with Crippen LogP contribution in [0, 0.1) is 5.92 Å². The molecule has 20 heavy (non-hydrogen) atoms. The van der Waals surface area contributed by atoms with Gasteiger partial charge >= 0.3 is 0 Å². The summed E-state index contributed by atoms with van der Waals surface area (Å²) in [7, 11) is 1.71. The summed E-state index contributed by atoms with van der Waals surface area (Å²) in [5.41, 5.74) is 5.91. The highest BCUT2D eigenvalue weighted by Crippen LogP contribution is 2.32. The van der Waals surface area contributed by atoms with Crippen LogP contribution < -0.4 is 4.74 Å². The summed E-state index contributed by atoms with van der Waals surface area (Å²) < 4.78 is 5.21. The Balaban J connectivity index is 2.10. The Hall–Kier alpha value is -1.50. The van der Waals surface area contributed by atoms with Gasteiger partial charge in [0.15, 0.2) is 0 Å². The van der Waals surface area contributed by atoms with E-state index in [1.807, 2.05) is 12.1 Å². The molecule has 0 aliphatic heterocycles. The van der Waals surface area contributed by atoms with E-state index >= 15 is 0 Å². The molecule has 0 aromatic heterocycles. The van der Waals surface area contributed by atoms with E-state index in [0.717, 1.165) is 18.1 Å². The van der Waals surface area contributed by atoms with Crippen molar-refractivity contribution in [2.75, 3.05) is 7.11 Å². The molecule has 1 aromatic carbocycles. The second kappa shape index (κ2) is 6.78. The van der Waals surface area contributed by atoms with Gasteiger partial charge in [0, 0.05) is 0 Å². The predicted octanol–water partition coefficient (Wildman–Crippen LogP) is 5.63. The topological polar surface area (TPSA) is 9.23 Å². The summed E-state index contributed by atoms with van der Waals surface area (Å²) >= 11 is 0. The molecule has 108 valence electrons. The fraction of sp³-hybridized carbons (Fsp3) is 0.474. The minimum atomic E-state index is 0.753. The first-order valence-electron chi connectivity index (χ1n) is 7.61. The number of allylic oxidation sites excluding steroid dienone is 4. The lowest BCUT2D eigenvalue weighted by molar-refractivity contribution is 0.415. The van der Waals surface area contributed by atoms with E-state index < -0.39 is 0 Å². The summed E-state index contributed by atoms with van der Waals surface area (Å²) in [4.78, 5) is 0. The van der Waals surface area contributed by atoms with Gasteiger partial charge in [-0.2, -0.15) is 0 Å². The second-order valence-corrected chi connectivity index (χ2v) is 5.92. The van der Waals surface area contributed by atoms with Crippen molar-refractivity contribution in [2.24, 2.45) is 5.92 Å². The first-order chi connectivity index (χ1) is 9.61. The van der Waals surface area contributed by atoms with E-state index in [1.54, 1.807) is 18.3 Å². The summed E-state index contributed by atoms with van der Waals surface area (Å²) in [6, 6.07) is 8.33. The highest BCUT2D eigenvalue weighted by Gasteiger charge is 2.15. The average Bonchev–Trinajstić information content (AvgIpc) is 2.46. The molecule has 1 atom stereocenters. The molecular weight excluding hydrogens is 244 g/mol. The summed E-state index contributed by atoms with van der Waals surface area (Å²) in [5.74, 6) is 1.67. The highest BCUT2D eigenvalue weighted by atomic mass is 16.5. The zero-order chi connectivity index (χ0) is 14.5. The van der Waals surface area contributed by atoms with Crippen molar-refractivity contribution in [3.63, 3.8) is 0 Å². The van der Waals surface area contributed by atoms with E-state index in [9.17, 15) is 0 Å². The van der Waals surface area contributed by atoms with Crippen molar-refractivity contribution in [3.8, 4) is 5.75 Å². The van der Waals surface area contributed by atoms with Gasteiger partial charge in [0.2, 0.25) is 0 Å². The van der Waals surface area contributed by atoms with Gasteiger partial charge in [0.25, 0.3) is 0 Å². The quantitative estimate of drug-likeness (QED) is 0.645. The van der Waals surface area contributed by atoms with Gasteiger partial charge in [0.1, 0.15) is 5.75 Å². The van der Waals surface area contributed by atoms with Crippen molar-refractivity contribution in [1.82, 2.24) is 0 Å². The summed E-state index contributed by atoms with van der Waals surface area (Å²) in [6.07, 6.45) is 7.47. The fourth-order valence-electron chi connectivity index (χ4n) is 3.04. The molecule has 1 aromatic rings. The van der Waals surface area contributed by atoms with Crippen LogP contribution in [0.5, 0.6) is 5.75 Å². The molecule has 0 heterocycles. The van der Waals surface area contributed by atoms with E-state index in [4.69, 9.17) is 4.74 Å². The van der Waals surface area contributed by atoms with Crippen molar-refractivity contribution >= 4 is 5.57 Å². The molecule has 0 fully saturated rings. The monoisotopic (exact) mass is 270 g/mol. The lowest BCUT2D eigenvalue weighted by Gasteiger charge is -2.24. The van der Waals surface area contributed by atoms with Crippen LogP contribution in [-0.2, 0) is 0 Å². The van der Waals surface area contributed by atoms with E-state index in [2.05, 4.69) is 39.0 Å². The van der Waals surface area contributed by atoms with Crippen LogP contribution in [0.25, 0.3) is 5.57 Å². The van der Waals surface area contributed by atoms with Gasteiger partial charge in [-0.25, -0.2) is 0 Å². The zero-order valence-corrected chi connectivity index (χ0v) is 13.2. The molecule has 0 saturated heterocycles. The largest absolute Gasteiger partial charge is 0.497 e. The second-order valence-electron chi connectivity index (χ2n) is 5.92. The molecule has 1 nitrogen and oxygen atoms in total. The van der Waals surface area contributed by atoms with Gasteiger partial charge in [-0.15, -0.1) is 0 Å². The van der Waals surface area contributed by atoms with E-state index in [0.29, 0.717) is 0 Å². The lowest BCUT2D eigenvalue weighted by Crippen LogP contribution is -2.07. The zero-order valence-electron chi connectivity index (χ0n) is 13.2.